The lowest BCUT2D eigenvalue weighted by Crippen LogP contribution is -1.85. The lowest BCUT2D eigenvalue weighted by atomic mass is 9.95. The molecular formula is C33H28. The molecule has 5 aromatic carbocycles. The summed E-state index contributed by atoms with van der Waals surface area (Å²) in [5.74, 6) is 0. The van der Waals surface area contributed by atoms with Crippen LogP contribution in [-0.4, -0.2) is 0 Å². The van der Waals surface area contributed by atoms with Gasteiger partial charge in [-0.25, -0.2) is 0 Å². The minimum Gasteiger partial charge on any atom is -0.0614 e. The van der Waals surface area contributed by atoms with Gasteiger partial charge in [0.2, 0.25) is 0 Å². The van der Waals surface area contributed by atoms with Crippen LogP contribution >= 0.6 is 0 Å². The molecule has 0 nitrogen and oxygen atoms in total. The molecule has 0 aliphatic heterocycles. The van der Waals surface area contributed by atoms with Crippen LogP contribution in [-0.2, 0) is 0 Å². The summed E-state index contributed by atoms with van der Waals surface area (Å²) in [4.78, 5) is 0. The van der Waals surface area contributed by atoms with E-state index >= 15 is 0 Å². The Labute approximate surface area is 197 Å². The molecule has 0 N–H and O–H groups in total. The summed E-state index contributed by atoms with van der Waals surface area (Å²) in [6.45, 7) is 6.46. The monoisotopic (exact) mass is 424 g/mol. The Morgan fingerprint density at radius 1 is 0.273 bits per heavy atom. The summed E-state index contributed by atoms with van der Waals surface area (Å²) < 4.78 is 0. The molecule has 0 heteroatoms. The summed E-state index contributed by atoms with van der Waals surface area (Å²) in [6, 6.07) is 42.0. The zero-order valence-electron chi connectivity index (χ0n) is 19.5. The van der Waals surface area contributed by atoms with Gasteiger partial charge in [0, 0.05) is 0 Å². The van der Waals surface area contributed by atoms with E-state index in [1.165, 1.54) is 61.2 Å². The molecule has 0 unspecified atom stereocenters. The second kappa shape index (κ2) is 8.92. The molecule has 0 heterocycles. The van der Waals surface area contributed by atoms with Crippen LogP contribution in [0.3, 0.4) is 0 Å². The maximum atomic E-state index is 2.29. The van der Waals surface area contributed by atoms with Gasteiger partial charge >= 0.3 is 0 Å². The number of hydrogen-bond donors (Lipinski definition) is 0. The Morgan fingerprint density at radius 2 is 0.636 bits per heavy atom. The highest BCUT2D eigenvalue weighted by Crippen LogP contribution is 2.31. The van der Waals surface area contributed by atoms with Crippen molar-refractivity contribution in [3.8, 4) is 44.5 Å². The largest absolute Gasteiger partial charge is 0.0614 e. The fourth-order valence-corrected chi connectivity index (χ4v) is 4.58. The summed E-state index contributed by atoms with van der Waals surface area (Å²) in [5, 5.41) is 0. The Balaban J connectivity index is 1.44. The summed E-state index contributed by atoms with van der Waals surface area (Å²) >= 11 is 0. The van der Waals surface area contributed by atoms with Crippen molar-refractivity contribution in [2.75, 3.05) is 0 Å². The molecule has 0 aromatic heterocycles. The van der Waals surface area contributed by atoms with Crippen LogP contribution in [0.1, 0.15) is 16.7 Å². The van der Waals surface area contributed by atoms with Crippen LogP contribution in [0.5, 0.6) is 0 Å². The van der Waals surface area contributed by atoms with Gasteiger partial charge in [-0.05, 0) is 77.4 Å². The van der Waals surface area contributed by atoms with Crippen LogP contribution in [0.25, 0.3) is 44.5 Å². The third kappa shape index (κ3) is 4.66. The maximum Gasteiger partial charge on any atom is -0.0178 e. The fourth-order valence-electron chi connectivity index (χ4n) is 4.58. The van der Waals surface area contributed by atoms with Crippen molar-refractivity contribution in [2.45, 2.75) is 20.8 Å². The molecule has 5 aromatic rings. The molecule has 5 rings (SSSR count). The summed E-state index contributed by atoms with van der Waals surface area (Å²) in [7, 11) is 0. The first-order chi connectivity index (χ1) is 16.0. The molecule has 0 radical (unpaired) electrons. The van der Waals surface area contributed by atoms with Crippen LogP contribution in [0.4, 0.5) is 0 Å². The second-order valence-corrected chi connectivity index (χ2v) is 8.98. The van der Waals surface area contributed by atoms with Crippen molar-refractivity contribution in [1.29, 1.82) is 0 Å². The van der Waals surface area contributed by atoms with Crippen molar-refractivity contribution in [3.63, 3.8) is 0 Å². The van der Waals surface area contributed by atoms with Crippen molar-refractivity contribution >= 4 is 0 Å². The average Bonchev–Trinajstić information content (AvgIpc) is 2.84. The molecule has 0 saturated heterocycles. The highest BCUT2D eigenvalue weighted by Gasteiger charge is 2.06. The van der Waals surface area contributed by atoms with Gasteiger partial charge in [-0.3, -0.25) is 0 Å². The fraction of sp³-hybridized carbons (Fsp3) is 0.0909. The Bertz CT molecular complexity index is 1400. The number of aryl methyl sites for hydroxylation is 3. The quantitative estimate of drug-likeness (QED) is 0.270. The maximum absolute atomic E-state index is 2.29. The predicted molar refractivity (Wildman–Crippen MR) is 142 cm³/mol. The van der Waals surface area contributed by atoms with Crippen molar-refractivity contribution in [1.82, 2.24) is 0 Å². The normalized spacial score (nSPS) is 10.9. The van der Waals surface area contributed by atoms with E-state index in [2.05, 4.69) is 136 Å². The first kappa shape index (κ1) is 21.0. The highest BCUT2D eigenvalue weighted by molar-refractivity contribution is 5.77. The van der Waals surface area contributed by atoms with Gasteiger partial charge in [-0.15, -0.1) is 0 Å². The molecular weight excluding hydrogens is 396 g/mol. The topological polar surface area (TPSA) is 0 Å². The zero-order chi connectivity index (χ0) is 22.8. The molecule has 0 aliphatic rings. The van der Waals surface area contributed by atoms with E-state index in [-0.39, 0.29) is 0 Å². The van der Waals surface area contributed by atoms with E-state index in [1.807, 2.05) is 0 Å². The Morgan fingerprint density at radius 3 is 1.12 bits per heavy atom. The molecule has 0 aliphatic carbocycles. The number of rotatable bonds is 4. The molecule has 0 atom stereocenters. The number of hydrogen-bond acceptors (Lipinski definition) is 0. The predicted octanol–water partition coefficient (Wildman–Crippen LogP) is 9.28. The summed E-state index contributed by atoms with van der Waals surface area (Å²) in [6.07, 6.45) is 0. The Hall–Kier alpha value is -3.90. The van der Waals surface area contributed by atoms with E-state index in [0.29, 0.717) is 0 Å². The van der Waals surface area contributed by atoms with Crippen molar-refractivity contribution in [3.05, 3.63) is 132 Å². The van der Waals surface area contributed by atoms with Gasteiger partial charge in [-0.1, -0.05) is 120 Å². The highest BCUT2D eigenvalue weighted by atomic mass is 14.1. The lowest BCUT2D eigenvalue weighted by molar-refractivity contribution is 1.38. The minimum absolute atomic E-state index is 1.23. The van der Waals surface area contributed by atoms with Crippen LogP contribution in [0.2, 0.25) is 0 Å². The van der Waals surface area contributed by atoms with E-state index in [4.69, 9.17) is 0 Å². The minimum atomic E-state index is 1.23. The van der Waals surface area contributed by atoms with Crippen LogP contribution in [0.15, 0.2) is 115 Å². The SMILES string of the molecule is Cc1cccc(-c2cccc(-c3ccc(-c4cccc(-c5cc(C)cc(C)c5)c4)cc3)c2)c1. The smallest absolute Gasteiger partial charge is 0.0178 e. The molecule has 0 bridgehead atoms. The Kier molecular flexibility index (Phi) is 5.67. The van der Waals surface area contributed by atoms with Gasteiger partial charge < -0.3 is 0 Å². The molecule has 160 valence electrons. The van der Waals surface area contributed by atoms with Crippen LogP contribution in [0, 0.1) is 20.8 Å². The molecule has 0 spiro atoms. The van der Waals surface area contributed by atoms with Crippen molar-refractivity contribution < 1.29 is 0 Å². The van der Waals surface area contributed by atoms with Gasteiger partial charge in [0.1, 0.15) is 0 Å². The van der Waals surface area contributed by atoms with E-state index in [1.54, 1.807) is 0 Å². The third-order valence-electron chi connectivity index (χ3n) is 6.18. The van der Waals surface area contributed by atoms with E-state index in [0.717, 1.165) is 0 Å². The second-order valence-electron chi connectivity index (χ2n) is 8.98. The first-order valence-corrected chi connectivity index (χ1v) is 11.5. The van der Waals surface area contributed by atoms with Gasteiger partial charge in [0.15, 0.2) is 0 Å². The molecule has 0 amide bonds. The zero-order valence-corrected chi connectivity index (χ0v) is 19.5. The molecule has 0 saturated carbocycles. The van der Waals surface area contributed by atoms with E-state index < -0.39 is 0 Å². The average molecular weight is 425 g/mol. The van der Waals surface area contributed by atoms with E-state index in [9.17, 15) is 0 Å². The van der Waals surface area contributed by atoms with Crippen LogP contribution < -0.4 is 0 Å². The van der Waals surface area contributed by atoms with Gasteiger partial charge in [0.25, 0.3) is 0 Å². The standard InChI is InChI=1S/C33H28/c1-23-7-4-8-28(18-23)31-11-5-9-29(21-31)26-13-15-27(16-14-26)30-10-6-12-32(22-30)33-19-24(2)17-25(3)20-33/h4-22H,1-3H3. The molecule has 0 fully saturated rings. The van der Waals surface area contributed by atoms with Gasteiger partial charge in [0.05, 0.1) is 0 Å². The first-order valence-electron chi connectivity index (χ1n) is 11.5. The van der Waals surface area contributed by atoms with Gasteiger partial charge in [-0.2, -0.15) is 0 Å². The number of benzene rings is 5. The summed E-state index contributed by atoms with van der Waals surface area (Å²) in [5.41, 5.74) is 13.9. The molecule has 33 heavy (non-hydrogen) atoms. The van der Waals surface area contributed by atoms with Crippen molar-refractivity contribution in [2.24, 2.45) is 0 Å². The third-order valence-corrected chi connectivity index (χ3v) is 6.18. The lowest BCUT2D eigenvalue weighted by Gasteiger charge is -2.10.